The van der Waals surface area contributed by atoms with Crippen LogP contribution in [0.1, 0.15) is 49.6 Å². The number of urea groups is 1. The number of nitrogens with one attached hydrogen (secondary N) is 2. The van der Waals surface area contributed by atoms with Gasteiger partial charge in [0.25, 0.3) is 10.0 Å². The van der Waals surface area contributed by atoms with Crippen molar-refractivity contribution in [3.63, 3.8) is 0 Å². The van der Waals surface area contributed by atoms with E-state index in [-0.39, 0.29) is 17.5 Å². The van der Waals surface area contributed by atoms with Crippen LogP contribution in [-0.2, 0) is 23.0 Å². The smallest absolute Gasteiger partial charge is 0.328 e. The summed E-state index contributed by atoms with van der Waals surface area (Å²) in [5, 5.41) is 12.3. The maximum absolute atomic E-state index is 12.5. The average molecular weight is 537 g/mol. The van der Waals surface area contributed by atoms with Crippen molar-refractivity contribution in [2.75, 3.05) is 6.54 Å². The van der Waals surface area contributed by atoms with E-state index in [0.29, 0.717) is 16.6 Å². The molecule has 2 heterocycles. The Morgan fingerprint density at radius 3 is 2.71 bits per heavy atom. The molecular formula is C23H26Cl2N6O3S. The van der Waals surface area contributed by atoms with Crippen LogP contribution in [0.3, 0.4) is 0 Å². The second-order valence-corrected chi connectivity index (χ2v) is 11.1. The number of benzene rings is 1. The van der Waals surface area contributed by atoms with E-state index in [0.717, 1.165) is 41.7 Å². The highest BCUT2D eigenvalue weighted by Crippen LogP contribution is 2.31. The molecule has 0 unspecified atom stereocenters. The Balaban J connectivity index is 1.43. The second kappa shape index (κ2) is 10.4. The molecule has 186 valence electrons. The molecule has 0 atom stereocenters. The molecule has 1 aliphatic rings. The quantitative estimate of drug-likeness (QED) is 0.464. The number of hydrogen-bond donors (Lipinski definition) is 2. The Morgan fingerprint density at radius 2 is 2.00 bits per heavy atom. The fraction of sp³-hybridized carbons (Fsp3) is 0.348. The van der Waals surface area contributed by atoms with E-state index < -0.39 is 16.1 Å². The van der Waals surface area contributed by atoms with Crippen LogP contribution in [0.15, 0.2) is 47.8 Å². The largest absolute Gasteiger partial charge is 0.334 e. The van der Waals surface area contributed by atoms with Crippen LogP contribution in [0.2, 0.25) is 10.0 Å². The standard InChI is InChI=1S/C23H26Cl2N6O3S/c1-15(2)30-14-20(12-28-30)35(33,34)29-23(32)26-9-8-16-4-3-5-17-11-27-31(22(16)17)13-18-6-7-19(24)10-21(18)25/h6-8,10-12,14-15H,3-5,9,13H2,1-2H3,(H2,26,29,32)/b16-8+. The van der Waals surface area contributed by atoms with Gasteiger partial charge in [-0.15, -0.1) is 0 Å². The number of hydrogen-bond acceptors (Lipinski definition) is 5. The number of nitrogens with zero attached hydrogens (tertiary/aromatic N) is 4. The molecule has 0 saturated heterocycles. The van der Waals surface area contributed by atoms with Crippen molar-refractivity contribution in [3.05, 3.63) is 69.7 Å². The Hall–Kier alpha value is -2.82. The number of aryl methyl sites for hydroxylation is 1. The number of amides is 2. The van der Waals surface area contributed by atoms with Gasteiger partial charge in [-0.2, -0.15) is 10.2 Å². The Morgan fingerprint density at radius 1 is 1.20 bits per heavy atom. The molecule has 12 heteroatoms. The third kappa shape index (κ3) is 5.88. The van der Waals surface area contributed by atoms with Gasteiger partial charge < -0.3 is 5.32 Å². The summed E-state index contributed by atoms with van der Waals surface area (Å²) in [5.41, 5.74) is 4.06. The molecule has 2 aromatic heterocycles. The van der Waals surface area contributed by atoms with Gasteiger partial charge in [0.05, 0.1) is 24.6 Å². The van der Waals surface area contributed by atoms with E-state index in [9.17, 15) is 13.2 Å². The van der Waals surface area contributed by atoms with E-state index in [1.54, 1.807) is 12.1 Å². The molecule has 2 amide bonds. The van der Waals surface area contributed by atoms with Gasteiger partial charge >= 0.3 is 6.03 Å². The molecule has 2 N–H and O–H groups in total. The summed E-state index contributed by atoms with van der Waals surface area (Å²) >= 11 is 12.4. The summed E-state index contributed by atoms with van der Waals surface area (Å²) in [4.78, 5) is 12.2. The summed E-state index contributed by atoms with van der Waals surface area (Å²) in [5.74, 6) is 0. The lowest BCUT2D eigenvalue weighted by molar-refractivity contribution is 0.247. The number of aromatic nitrogens is 4. The molecule has 0 radical (unpaired) electrons. The zero-order chi connectivity index (χ0) is 25.2. The zero-order valence-corrected chi connectivity index (χ0v) is 21.7. The number of carbonyl (C=O) groups excluding carboxylic acids is 1. The lowest BCUT2D eigenvalue weighted by Crippen LogP contribution is -2.39. The highest BCUT2D eigenvalue weighted by atomic mass is 35.5. The highest BCUT2D eigenvalue weighted by Gasteiger charge is 2.22. The molecule has 3 aromatic rings. The van der Waals surface area contributed by atoms with Crippen molar-refractivity contribution >= 4 is 44.8 Å². The minimum Gasteiger partial charge on any atom is -0.334 e. The van der Waals surface area contributed by atoms with Crippen molar-refractivity contribution < 1.29 is 13.2 Å². The molecule has 0 saturated carbocycles. The van der Waals surface area contributed by atoms with E-state index >= 15 is 0 Å². The van der Waals surface area contributed by atoms with E-state index in [4.69, 9.17) is 23.2 Å². The minimum absolute atomic E-state index is 0.00365. The van der Waals surface area contributed by atoms with Crippen molar-refractivity contribution in [2.45, 2.75) is 50.6 Å². The summed E-state index contributed by atoms with van der Waals surface area (Å²) in [7, 11) is -4.02. The fourth-order valence-electron chi connectivity index (χ4n) is 3.92. The second-order valence-electron chi connectivity index (χ2n) is 8.56. The first kappa shape index (κ1) is 25.3. The minimum atomic E-state index is -4.02. The number of fused-ring (bicyclic) bond motifs is 1. The first-order valence-corrected chi connectivity index (χ1v) is 13.4. The van der Waals surface area contributed by atoms with Crippen LogP contribution in [-0.4, -0.2) is 40.6 Å². The Kier molecular flexibility index (Phi) is 7.53. The molecule has 0 bridgehead atoms. The summed E-state index contributed by atoms with van der Waals surface area (Å²) in [6.45, 7) is 4.40. The number of allylic oxidation sites excluding steroid dienone is 1. The van der Waals surface area contributed by atoms with Gasteiger partial charge in [-0.1, -0.05) is 35.3 Å². The van der Waals surface area contributed by atoms with Crippen LogP contribution in [0.4, 0.5) is 4.79 Å². The maximum atomic E-state index is 12.5. The molecule has 35 heavy (non-hydrogen) atoms. The van der Waals surface area contributed by atoms with Gasteiger partial charge in [-0.05, 0) is 61.9 Å². The zero-order valence-electron chi connectivity index (χ0n) is 19.3. The fourth-order valence-corrected chi connectivity index (χ4v) is 5.26. The molecule has 0 spiro atoms. The average Bonchev–Trinajstić information content (AvgIpc) is 3.44. The molecule has 1 aromatic carbocycles. The maximum Gasteiger partial charge on any atom is 0.328 e. The van der Waals surface area contributed by atoms with Gasteiger partial charge in [0, 0.05) is 28.8 Å². The van der Waals surface area contributed by atoms with Crippen molar-refractivity contribution in [2.24, 2.45) is 0 Å². The molecule has 0 aliphatic heterocycles. The van der Waals surface area contributed by atoms with Gasteiger partial charge in [0.2, 0.25) is 0 Å². The molecule has 0 fully saturated rings. The molecular weight excluding hydrogens is 511 g/mol. The number of rotatable bonds is 7. The van der Waals surface area contributed by atoms with E-state index in [1.165, 1.54) is 17.1 Å². The van der Waals surface area contributed by atoms with Gasteiger partial charge in [-0.25, -0.2) is 17.9 Å². The van der Waals surface area contributed by atoms with Crippen LogP contribution in [0.5, 0.6) is 0 Å². The third-order valence-corrected chi connectivity index (χ3v) is 7.57. The van der Waals surface area contributed by atoms with Crippen molar-refractivity contribution in [3.8, 4) is 0 Å². The first-order chi connectivity index (χ1) is 16.6. The number of halogens is 2. The normalized spacial score (nSPS) is 14.8. The van der Waals surface area contributed by atoms with Crippen molar-refractivity contribution in [1.29, 1.82) is 0 Å². The van der Waals surface area contributed by atoms with Crippen molar-refractivity contribution in [1.82, 2.24) is 29.6 Å². The Bertz CT molecular complexity index is 1380. The predicted octanol–water partition coefficient (Wildman–Crippen LogP) is 4.42. The predicted molar refractivity (Wildman–Crippen MR) is 135 cm³/mol. The summed E-state index contributed by atoms with van der Waals surface area (Å²) < 4.78 is 30.4. The van der Waals surface area contributed by atoms with Gasteiger partial charge in [0.15, 0.2) is 0 Å². The molecule has 4 rings (SSSR count). The van der Waals surface area contributed by atoms with Crippen LogP contribution < -0.4 is 10.0 Å². The summed E-state index contributed by atoms with van der Waals surface area (Å²) in [6, 6.07) is 4.57. The van der Waals surface area contributed by atoms with Crippen LogP contribution >= 0.6 is 23.2 Å². The first-order valence-electron chi connectivity index (χ1n) is 11.2. The monoisotopic (exact) mass is 536 g/mol. The van der Waals surface area contributed by atoms with Crippen LogP contribution in [0.25, 0.3) is 5.57 Å². The Labute approximate surface area is 214 Å². The number of sulfonamides is 1. The lowest BCUT2D eigenvalue weighted by Gasteiger charge is -2.18. The SMILES string of the molecule is CC(C)n1cc(S(=O)(=O)NC(=O)NC/C=C2\CCCc3cnn(Cc4ccc(Cl)cc4Cl)c32)cn1. The van der Waals surface area contributed by atoms with E-state index in [1.807, 2.05) is 41.6 Å². The topological polar surface area (TPSA) is 111 Å². The number of carbonyl (C=O) groups is 1. The van der Waals surface area contributed by atoms with Crippen LogP contribution in [0, 0.1) is 0 Å². The molecule has 9 nitrogen and oxygen atoms in total. The lowest BCUT2D eigenvalue weighted by atomic mass is 9.92. The van der Waals surface area contributed by atoms with E-state index in [2.05, 4.69) is 15.5 Å². The highest BCUT2D eigenvalue weighted by molar-refractivity contribution is 7.90. The molecule has 1 aliphatic carbocycles. The van der Waals surface area contributed by atoms with Gasteiger partial charge in [-0.3, -0.25) is 9.36 Å². The van der Waals surface area contributed by atoms with Gasteiger partial charge in [0.1, 0.15) is 4.90 Å². The third-order valence-electron chi connectivity index (χ3n) is 5.70. The summed E-state index contributed by atoms with van der Waals surface area (Å²) in [6.07, 6.45) is 9.06.